The first-order valence-corrected chi connectivity index (χ1v) is 6.16. The lowest BCUT2D eigenvalue weighted by atomic mass is 10.1. The number of amides is 3. The molecule has 10 heteroatoms. The molecule has 0 aromatic rings. The van der Waals surface area contributed by atoms with Gasteiger partial charge >= 0.3 is 18.2 Å². The van der Waals surface area contributed by atoms with Crippen LogP contribution < -0.4 is 5.32 Å². The van der Waals surface area contributed by atoms with Gasteiger partial charge in [0, 0.05) is 26.1 Å². The van der Waals surface area contributed by atoms with E-state index < -0.39 is 37.3 Å². The van der Waals surface area contributed by atoms with Crippen LogP contribution in [0.2, 0.25) is 0 Å². The summed E-state index contributed by atoms with van der Waals surface area (Å²) in [4.78, 5) is 35.1. The van der Waals surface area contributed by atoms with Gasteiger partial charge < -0.3 is 20.2 Å². The fourth-order valence-corrected chi connectivity index (χ4v) is 1.98. The van der Waals surface area contributed by atoms with E-state index in [1.54, 1.807) is 0 Å². The Hall–Kier alpha value is -2.00. The number of nitrogens with one attached hydrogen (secondary N) is 1. The van der Waals surface area contributed by atoms with Gasteiger partial charge in [-0.1, -0.05) is 0 Å². The van der Waals surface area contributed by atoms with E-state index in [9.17, 15) is 27.6 Å². The molecule has 1 atom stereocenters. The van der Waals surface area contributed by atoms with Crippen molar-refractivity contribution in [2.75, 3.05) is 26.7 Å². The van der Waals surface area contributed by atoms with Gasteiger partial charge in [-0.05, 0) is 6.42 Å². The minimum atomic E-state index is -4.69. The Balaban J connectivity index is 2.63. The number of piperidine rings is 1. The highest BCUT2D eigenvalue weighted by atomic mass is 19.4. The van der Waals surface area contributed by atoms with E-state index >= 15 is 0 Å². The van der Waals surface area contributed by atoms with Crippen molar-refractivity contribution in [2.24, 2.45) is 0 Å². The monoisotopic (exact) mass is 311 g/mol. The Kier molecular flexibility index (Phi) is 5.39. The van der Waals surface area contributed by atoms with E-state index in [4.69, 9.17) is 5.11 Å². The molecular weight excluding hydrogens is 295 g/mol. The summed E-state index contributed by atoms with van der Waals surface area (Å²) in [6.07, 6.45) is -4.20. The maximum absolute atomic E-state index is 12.3. The standard InChI is InChI=1S/C11H16F3N3O4/c1-16-4-7(2-3-8(16)18)15-10(21)17(5-9(19)20)6-11(12,13)14/h7H,2-6H2,1H3,(H,15,21)(H,19,20). The molecule has 3 amide bonds. The van der Waals surface area contributed by atoms with E-state index in [1.807, 2.05) is 0 Å². The molecule has 1 heterocycles. The summed E-state index contributed by atoms with van der Waals surface area (Å²) >= 11 is 0. The van der Waals surface area contributed by atoms with Gasteiger partial charge in [0.05, 0.1) is 0 Å². The maximum Gasteiger partial charge on any atom is 0.406 e. The fourth-order valence-electron chi connectivity index (χ4n) is 1.98. The molecule has 7 nitrogen and oxygen atoms in total. The van der Waals surface area contributed by atoms with Gasteiger partial charge in [-0.25, -0.2) is 4.79 Å². The van der Waals surface area contributed by atoms with Gasteiger partial charge in [-0.15, -0.1) is 0 Å². The second-order valence-electron chi connectivity index (χ2n) is 4.82. The predicted molar refractivity (Wildman–Crippen MR) is 64.5 cm³/mol. The van der Waals surface area contributed by atoms with Gasteiger partial charge in [0.25, 0.3) is 0 Å². The molecule has 120 valence electrons. The number of rotatable bonds is 4. The number of likely N-dealkylation sites (tertiary alicyclic amines) is 1. The molecule has 0 bridgehead atoms. The average Bonchev–Trinajstić information content (AvgIpc) is 2.30. The molecule has 0 aliphatic carbocycles. The van der Waals surface area contributed by atoms with Gasteiger partial charge in [0.15, 0.2) is 0 Å². The first kappa shape index (κ1) is 17.1. The number of carboxylic acids is 1. The number of alkyl halides is 3. The third-order valence-corrected chi connectivity index (χ3v) is 2.94. The number of aliphatic carboxylic acids is 1. The molecule has 0 saturated carbocycles. The number of hydrogen-bond donors (Lipinski definition) is 2. The van der Waals surface area contributed by atoms with Crippen molar-refractivity contribution in [3.63, 3.8) is 0 Å². The van der Waals surface area contributed by atoms with Crippen molar-refractivity contribution in [1.29, 1.82) is 0 Å². The summed E-state index contributed by atoms with van der Waals surface area (Å²) in [5.74, 6) is -1.65. The van der Waals surface area contributed by atoms with E-state index in [2.05, 4.69) is 5.32 Å². The number of carboxylic acid groups (broad SMARTS) is 1. The molecule has 1 saturated heterocycles. The summed E-state index contributed by atoms with van der Waals surface area (Å²) in [5.41, 5.74) is 0. The van der Waals surface area contributed by atoms with Crippen LogP contribution in [-0.2, 0) is 9.59 Å². The van der Waals surface area contributed by atoms with E-state index in [0.29, 0.717) is 6.42 Å². The minimum absolute atomic E-state index is 0.113. The third kappa shape index (κ3) is 5.88. The van der Waals surface area contributed by atoms with Crippen LogP contribution in [0.15, 0.2) is 0 Å². The van der Waals surface area contributed by atoms with Crippen molar-refractivity contribution >= 4 is 17.9 Å². The molecule has 1 aliphatic rings. The molecular formula is C11H16F3N3O4. The largest absolute Gasteiger partial charge is 0.480 e. The highest BCUT2D eigenvalue weighted by molar-refractivity contribution is 5.81. The van der Waals surface area contributed by atoms with Crippen molar-refractivity contribution in [2.45, 2.75) is 25.1 Å². The SMILES string of the molecule is CN1CC(NC(=O)N(CC(=O)O)CC(F)(F)F)CCC1=O. The average molecular weight is 311 g/mol. The lowest BCUT2D eigenvalue weighted by molar-refractivity contribution is -0.149. The van der Waals surface area contributed by atoms with Gasteiger partial charge in [-0.3, -0.25) is 9.59 Å². The molecule has 1 rings (SSSR count). The Morgan fingerprint density at radius 3 is 2.57 bits per heavy atom. The minimum Gasteiger partial charge on any atom is -0.480 e. The Morgan fingerprint density at radius 1 is 1.48 bits per heavy atom. The van der Waals surface area contributed by atoms with Crippen molar-refractivity contribution in [3.8, 4) is 0 Å². The van der Waals surface area contributed by atoms with Crippen LogP contribution in [0.4, 0.5) is 18.0 Å². The van der Waals surface area contributed by atoms with E-state index in [1.165, 1.54) is 11.9 Å². The number of urea groups is 1. The van der Waals surface area contributed by atoms with Gasteiger partial charge in [0.1, 0.15) is 13.1 Å². The molecule has 0 aromatic carbocycles. The van der Waals surface area contributed by atoms with Crippen LogP contribution in [0.25, 0.3) is 0 Å². The van der Waals surface area contributed by atoms with Crippen LogP contribution in [0.5, 0.6) is 0 Å². The molecule has 1 aliphatic heterocycles. The van der Waals surface area contributed by atoms with Crippen molar-refractivity contribution in [3.05, 3.63) is 0 Å². The number of carbonyl (C=O) groups is 3. The summed E-state index contributed by atoms with van der Waals surface area (Å²) in [7, 11) is 1.52. The second kappa shape index (κ2) is 6.64. The summed E-state index contributed by atoms with van der Waals surface area (Å²) in [5, 5.41) is 10.9. The lowest BCUT2D eigenvalue weighted by Crippen LogP contribution is -2.54. The predicted octanol–water partition coefficient (Wildman–Crippen LogP) is 0.266. The molecule has 0 radical (unpaired) electrons. The van der Waals surface area contributed by atoms with Gasteiger partial charge in [0.2, 0.25) is 5.91 Å². The highest BCUT2D eigenvalue weighted by Crippen LogP contribution is 2.17. The molecule has 0 aromatic heterocycles. The maximum atomic E-state index is 12.3. The smallest absolute Gasteiger partial charge is 0.406 e. The Morgan fingerprint density at radius 2 is 2.10 bits per heavy atom. The fraction of sp³-hybridized carbons (Fsp3) is 0.727. The van der Waals surface area contributed by atoms with Crippen LogP contribution in [0.3, 0.4) is 0 Å². The molecule has 21 heavy (non-hydrogen) atoms. The van der Waals surface area contributed by atoms with Crippen LogP contribution in [-0.4, -0.2) is 71.7 Å². The molecule has 1 fully saturated rings. The number of likely N-dealkylation sites (N-methyl/N-ethyl adjacent to an activating group) is 1. The second-order valence-corrected chi connectivity index (χ2v) is 4.82. The van der Waals surface area contributed by atoms with Crippen LogP contribution in [0, 0.1) is 0 Å². The quantitative estimate of drug-likeness (QED) is 0.779. The number of hydrogen-bond acceptors (Lipinski definition) is 3. The van der Waals surface area contributed by atoms with E-state index in [-0.39, 0.29) is 23.8 Å². The zero-order valence-corrected chi connectivity index (χ0v) is 11.3. The summed E-state index contributed by atoms with van der Waals surface area (Å²) in [6, 6.07) is -1.60. The normalized spacial score (nSPS) is 19.3. The topological polar surface area (TPSA) is 90.0 Å². The van der Waals surface area contributed by atoms with Crippen molar-refractivity contribution < 1.29 is 32.7 Å². The Labute approximate surface area is 118 Å². The number of carbonyl (C=O) groups excluding carboxylic acids is 2. The molecule has 1 unspecified atom stereocenters. The first-order chi connectivity index (χ1) is 9.58. The zero-order chi connectivity index (χ0) is 16.2. The third-order valence-electron chi connectivity index (χ3n) is 2.94. The molecule has 0 spiro atoms. The van der Waals surface area contributed by atoms with Crippen LogP contribution in [0.1, 0.15) is 12.8 Å². The molecule has 2 N–H and O–H groups in total. The summed E-state index contributed by atoms with van der Waals surface area (Å²) in [6.45, 7) is -2.52. The first-order valence-electron chi connectivity index (χ1n) is 6.16. The lowest BCUT2D eigenvalue weighted by Gasteiger charge is -2.32. The summed E-state index contributed by atoms with van der Waals surface area (Å²) < 4.78 is 37.0. The van der Waals surface area contributed by atoms with Crippen molar-refractivity contribution in [1.82, 2.24) is 15.1 Å². The zero-order valence-electron chi connectivity index (χ0n) is 11.3. The number of halogens is 3. The van der Waals surface area contributed by atoms with E-state index in [0.717, 1.165) is 0 Å². The van der Waals surface area contributed by atoms with Crippen LogP contribution >= 0.6 is 0 Å². The van der Waals surface area contributed by atoms with Gasteiger partial charge in [-0.2, -0.15) is 13.2 Å². The number of nitrogens with zero attached hydrogens (tertiary/aromatic N) is 2. The highest BCUT2D eigenvalue weighted by Gasteiger charge is 2.35. The Bertz CT molecular complexity index is 427.